The van der Waals surface area contributed by atoms with Gasteiger partial charge in [0.25, 0.3) is 0 Å². The summed E-state index contributed by atoms with van der Waals surface area (Å²) in [6.07, 6.45) is 13.3. The normalized spacial score (nSPS) is 30.7. The second-order valence-electron chi connectivity index (χ2n) is 14.3. The number of imidazole rings is 1. The Labute approximate surface area is 274 Å². The van der Waals surface area contributed by atoms with Gasteiger partial charge in [0.15, 0.2) is 34.3 Å². The van der Waals surface area contributed by atoms with Gasteiger partial charge in [-0.1, -0.05) is 25.7 Å². The summed E-state index contributed by atoms with van der Waals surface area (Å²) in [5.41, 5.74) is 1.57. The Bertz CT molecular complexity index is 1560. The summed E-state index contributed by atoms with van der Waals surface area (Å²) in [5, 5.41) is 4.16. The first-order valence-electron chi connectivity index (χ1n) is 16.7. The third-order valence-corrected chi connectivity index (χ3v) is 12.8. The molecule has 1 saturated heterocycles. The molecule has 1 aromatic carbocycles. The summed E-state index contributed by atoms with van der Waals surface area (Å²) < 4.78 is 26.6. The number of nitrogens with one attached hydrogen (secondary N) is 1. The SMILES string of the molecule is COc1ccc(SC[C@@]23C[C@@H]2[C@@H](n2cnc4c(NC(C5CCCC5)C5CCCC5)nc(Cl)nc42)[C@@H]2OC(C)(C)O[C@@H]23)cc1OC. The van der Waals surface area contributed by atoms with Crippen molar-refractivity contribution >= 4 is 40.3 Å². The van der Waals surface area contributed by atoms with Crippen LogP contribution in [0.15, 0.2) is 29.4 Å². The Hall–Kier alpha value is -2.27. The van der Waals surface area contributed by atoms with Crippen molar-refractivity contribution in [3.63, 3.8) is 0 Å². The zero-order chi connectivity index (χ0) is 30.9. The molecule has 0 radical (unpaired) electrons. The minimum Gasteiger partial charge on any atom is -0.493 e. The van der Waals surface area contributed by atoms with E-state index in [9.17, 15) is 0 Å². The molecule has 4 aliphatic carbocycles. The number of fused-ring (bicyclic) bond motifs is 4. The van der Waals surface area contributed by atoms with Gasteiger partial charge in [-0.05, 0) is 93.5 Å². The number of methoxy groups -OCH3 is 2. The van der Waals surface area contributed by atoms with Gasteiger partial charge in [-0.3, -0.25) is 0 Å². The maximum atomic E-state index is 6.68. The quantitative estimate of drug-likeness (QED) is 0.176. The molecule has 0 amide bonds. The van der Waals surface area contributed by atoms with Crippen LogP contribution in [0.25, 0.3) is 11.2 Å². The van der Waals surface area contributed by atoms with Gasteiger partial charge in [0.05, 0.1) is 32.7 Å². The third kappa shape index (κ3) is 5.18. The van der Waals surface area contributed by atoms with Crippen LogP contribution in [0, 0.1) is 23.2 Å². The van der Waals surface area contributed by atoms with Gasteiger partial charge < -0.3 is 28.8 Å². The lowest BCUT2D eigenvalue weighted by Crippen LogP contribution is -2.35. The van der Waals surface area contributed by atoms with Crippen molar-refractivity contribution in [1.29, 1.82) is 0 Å². The molecule has 3 aromatic rings. The Morgan fingerprint density at radius 1 is 1.02 bits per heavy atom. The van der Waals surface area contributed by atoms with Crippen LogP contribution in [0.4, 0.5) is 5.82 Å². The maximum absolute atomic E-state index is 6.68. The summed E-state index contributed by atoms with van der Waals surface area (Å²) in [7, 11) is 3.34. The molecule has 5 atom stereocenters. The summed E-state index contributed by atoms with van der Waals surface area (Å²) in [6, 6.07) is 6.58. The second-order valence-corrected chi connectivity index (χ2v) is 15.7. The summed E-state index contributed by atoms with van der Waals surface area (Å²) in [4.78, 5) is 15.6. The third-order valence-electron chi connectivity index (χ3n) is 11.3. The lowest BCUT2D eigenvalue weighted by atomic mass is 9.86. The van der Waals surface area contributed by atoms with E-state index < -0.39 is 5.79 Å². The fourth-order valence-electron chi connectivity index (χ4n) is 9.20. The Morgan fingerprint density at radius 2 is 1.73 bits per heavy atom. The van der Waals surface area contributed by atoms with E-state index in [2.05, 4.69) is 22.0 Å². The van der Waals surface area contributed by atoms with E-state index in [1.54, 1.807) is 14.2 Å². The van der Waals surface area contributed by atoms with Crippen LogP contribution in [0.5, 0.6) is 11.5 Å². The zero-order valence-electron chi connectivity index (χ0n) is 26.6. The fourth-order valence-corrected chi connectivity index (χ4v) is 10.6. The minimum atomic E-state index is -0.659. The number of hydrogen-bond acceptors (Lipinski definition) is 9. The zero-order valence-corrected chi connectivity index (χ0v) is 28.2. The lowest BCUT2D eigenvalue weighted by molar-refractivity contribution is -0.160. The smallest absolute Gasteiger partial charge is 0.226 e. The van der Waals surface area contributed by atoms with Gasteiger partial charge >= 0.3 is 0 Å². The fraction of sp³-hybridized carbons (Fsp3) is 0.676. The van der Waals surface area contributed by atoms with E-state index in [4.69, 9.17) is 45.5 Å². The largest absolute Gasteiger partial charge is 0.493 e. The van der Waals surface area contributed by atoms with Crippen LogP contribution in [0.2, 0.25) is 5.28 Å². The molecular formula is C34H44ClN5O4S. The van der Waals surface area contributed by atoms with E-state index >= 15 is 0 Å². The molecule has 4 saturated carbocycles. The highest BCUT2D eigenvalue weighted by Crippen LogP contribution is 2.72. The molecule has 0 spiro atoms. The van der Waals surface area contributed by atoms with Crippen molar-refractivity contribution in [3.05, 3.63) is 29.8 Å². The van der Waals surface area contributed by atoms with Crippen LogP contribution in [-0.4, -0.2) is 63.5 Å². The van der Waals surface area contributed by atoms with E-state index in [0.717, 1.165) is 45.5 Å². The Balaban J connectivity index is 1.10. The highest BCUT2D eigenvalue weighted by atomic mass is 35.5. The average molecular weight is 654 g/mol. The predicted molar refractivity (Wildman–Crippen MR) is 175 cm³/mol. The van der Waals surface area contributed by atoms with Crippen molar-refractivity contribution in [1.82, 2.24) is 19.5 Å². The molecule has 45 heavy (non-hydrogen) atoms. The Morgan fingerprint density at radius 3 is 2.42 bits per heavy atom. The molecule has 242 valence electrons. The molecule has 5 aliphatic rings. The van der Waals surface area contributed by atoms with Crippen molar-refractivity contribution in [3.8, 4) is 11.5 Å². The summed E-state index contributed by atoms with van der Waals surface area (Å²) in [5.74, 6) is 4.24. The number of anilines is 1. The van der Waals surface area contributed by atoms with Crippen LogP contribution in [0.1, 0.15) is 77.7 Å². The van der Waals surface area contributed by atoms with Crippen molar-refractivity contribution in [2.24, 2.45) is 23.2 Å². The van der Waals surface area contributed by atoms with E-state index in [0.29, 0.717) is 23.8 Å². The maximum Gasteiger partial charge on any atom is 0.226 e. The molecule has 3 heterocycles. The van der Waals surface area contributed by atoms with Crippen molar-refractivity contribution < 1.29 is 18.9 Å². The van der Waals surface area contributed by atoms with Gasteiger partial charge in [0.2, 0.25) is 5.28 Å². The van der Waals surface area contributed by atoms with Crippen LogP contribution in [-0.2, 0) is 9.47 Å². The van der Waals surface area contributed by atoms with Gasteiger partial charge in [-0.2, -0.15) is 9.97 Å². The van der Waals surface area contributed by atoms with Crippen molar-refractivity contribution in [2.45, 2.75) is 107 Å². The first-order chi connectivity index (χ1) is 21.8. The van der Waals surface area contributed by atoms with Gasteiger partial charge in [-0.15, -0.1) is 11.8 Å². The minimum absolute atomic E-state index is 0.00846. The van der Waals surface area contributed by atoms with Crippen molar-refractivity contribution in [2.75, 3.05) is 25.3 Å². The second kappa shape index (κ2) is 11.5. The number of rotatable bonds is 10. The number of hydrogen-bond donors (Lipinski definition) is 1. The van der Waals surface area contributed by atoms with E-state index in [1.807, 2.05) is 38.0 Å². The molecule has 2 aromatic heterocycles. The number of aromatic nitrogens is 4. The Kier molecular flexibility index (Phi) is 7.66. The lowest BCUT2D eigenvalue weighted by Gasteiger charge is -2.30. The first kappa shape index (κ1) is 30.1. The van der Waals surface area contributed by atoms with Gasteiger partial charge in [0.1, 0.15) is 6.10 Å². The van der Waals surface area contributed by atoms with Crippen LogP contribution in [0.3, 0.4) is 0 Å². The molecule has 1 aliphatic heterocycles. The average Bonchev–Trinajstić information content (AvgIpc) is 3.67. The van der Waals surface area contributed by atoms with Gasteiger partial charge in [-0.25, -0.2) is 4.98 Å². The highest BCUT2D eigenvalue weighted by molar-refractivity contribution is 7.99. The molecule has 0 unspecified atom stereocenters. The number of halogens is 1. The standard InChI is InChI=1S/C34H44ClN5O4S/c1-33(2)43-28-27(22-16-34(22,29(28)44-33)17-45-21-13-14-23(41-3)24(15-21)42-4)40-18-36-26-30(38-32(35)39-31(26)40)37-25(19-9-5-6-10-19)20-11-7-8-12-20/h13-15,18-20,22,25,27-29H,5-12,16-17H2,1-4H3,(H,37,38,39)/t22-,27-,28+,29+,34+/m1/s1. The summed E-state index contributed by atoms with van der Waals surface area (Å²) in [6.45, 7) is 4.04. The number of benzene rings is 1. The molecule has 11 heteroatoms. The van der Waals surface area contributed by atoms with E-state index in [-0.39, 0.29) is 28.9 Å². The number of ether oxygens (including phenoxy) is 4. The summed E-state index contributed by atoms with van der Waals surface area (Å²) >= 11 is 8.52. The number of nitrogens with zero attached hydrogens (tertiary/aromatic N) is 4. The monoisotopic (exact) mass is 653 g/mol. The van der Waals surface area contributed by atoms with E-state index in [1.165, 1.54) is 51.4 Å². The van der Waals surface area contributed by atoms with Crippen LogP contribution >= 0.6 is 23.4 Å². The molecule has 8 rings (SSSR count). The predicted octanol–water partition coefficient (Wildman–Crippen LogP) is 7.53. The molecule has 0 bridgehead atoms. The van der Waals surface area contributed by atoms with Crippen LogP contribution < -0.4 is 14.8 Å². The molecule has 5 fully saturated rings. The molecular weight excluding hydrogens is 610 g/mol. The molecule has 9 nitrogen and oxygen atoms in total. The first-order valence-corrected chi connectivity index (χ1v) is 18.0. The number of thioether (sulfide) groups is 1. The topological polar surface area (TPSA) is 92.6 Å². The van der Waals surface area contributed by atoms with Gasteiger partial charge in [0, 0.05) is 22.1 Å². The molecule has 1 N–H and O–H groups in total. The highest BCUT2D eigenvalue weighted by Gasteiger charge is 2.75.